The molecule has 0 radical (unpaired) electrons. The quantitative estimate of drug-likeness (QED) is 0.275. The lowest BCUT2D eigenvalue weighted by Crippen LogP contribution is -2.45. The first-order valence-electron chi connectivity index (χ1n) is 13.8. The number of aliphatic hydroxyl groups excluding tert-OH is 1. The van der Waals surface area contributed by atoms with E-state index in [2.05, 4.69) is 0 Å². The zero-order valence-corrected chi connectivity index (χ0v) is 24.9. The predicted octanol–water partition coefficient (Wildman–Crippen LogP) is 6.10. The van der Waals surface area contributed by atoms with Crippen LogP contribution in [0.25, 0.3) is 0 Å². The standard InChI is InChI=1S/C31H32ClFN2O5Si/c1-19-29(41(2,3)33)27(13-14-36)40-31(19)23-16-21(32)11-12-24(23)34(30(31)38)17-20-7-6-8-22(15-20)35-25-9-4-5-10-26(25)39-18-28(35)37/h4-12,15-16,19,27,29,36H,13-14,17-18H2,1-3H3/t19-,27+,29-,31+/m0/s1. The monoisotopic (exact) mass is 594 g/mol. The van der Waals surface area contributed by atoms with Gasteiger partial charge in [-0.1, -0.05) is 42.8 Å². The molecule has 1 N–H and O–H groups in total. The second-order valence-electron chi connectivity index (χ2n) is 11.5. The van der Waals surface area contributed by atoms with Gasteiger partial charge in [0.25, 0.3) is 11.8 Å². The molecule has 3 aromatic carbocycles. The van der Waals surface area contributed by atoms with Gasteiger partial charge < -0.3 is 23.6 Å². The van der Waals surface area contributed by atoms with Crippen LogP contribution >= 0.6 is 11.6 Å². The SMILES string of the molecule is C[C@H]1[C@H]([Si](C)(C)F)[C@@H](CCO)O[C@]12C(=O)N(Cc1cccc(N3C(=O)COc4ccccc43)c1)c1ccc(Cl)cc12. The first kappa shape index (κ1) is 27.9. The van der Waals surface area contributed by atoms with Crippen LogP contribution in [0.1, 0.15) is 24.5 Å². The van der Waals surface area contributed by atoms with E-state index in [-0.39, 0.29) is 38.0 Å². The Bertz CT molecular complexity index is 1530. The maximum atomic E-state index is 15.7. The van der Waals surface area contributed by atoms with Crippen molar-refractivity contribution in [2.24, 2.45) is 5.92 Å². The topological polar surface area (TPSA) is 79.3 Å². The average molecular weight is 595 g/mol. The number of ether oxygens (including phenoxy) is 2. The molecule has 2 amide bonds. The Hall–Kier alpha value is -3.24. The highest BCUT2D eigenvalue weighted by atomic mass is 35.5. The number of carbonyl (C=O) groups excluding carboxylic acids is 2. The highest BCUT2D eigenvalue weighted by Gasteiger charge is 2.66. The van der Waals surface area contributed by atoms with E-state index in [1.807, 2.05) is 55.5 Å². The Morgan fingerprint density at radius 1 is 1.07 bits per heavy atom. The third-order valence-electron chi connectivity index (χ3n) is 8.55. The van der Waals surface area contributed by atoms with Crippen molar-refractivity contribution in [2.45, 2.75) is 50.2 Å². The summed E-state index contributed by atoms with van der Waals surface area (Å²) in [5.74, 6) is -0.304. The Morgan fingerprint density at radius 2 is 1.85 bits per heavy atom. The molecule has 214 valence electrons. The molecule has 1 fully saturated rings. The largest absolute Gasteiger partial charge is 0.482 e. The minimum Gasteiger partial charge on any atom is -0.482 e. The van der Waals surface area contributed by atoms with E-state index in [1.165, 1.54) is 0 Å². The van der Waals surface area contributed by atoms with E-state index < -0.39 is 31.6 Å². The van der Waals surface area contributed by atoms with Gasteiger partial charge in [0.1, 0.15) is 5.75 Å². The molecule has 0 aromatic heterocycles. The number of aliphatic hydroxyl groups is 1. The first-order chi connectivity index (χ1) is 19.6. The van der Waals surface area contributed by atoms with Crippen molar-refractivity contribution >= 4 is 48.9 Å². The fourth-order valence-electron chi connectivity index (χ4n) is 6.94. The van der Waals surface area contributed by atoms with Gasteiger partial charge in [-0.25, -0.2) is 0 Å². The summed E-state index contributed by atoms with van der Waals surface area (Å²) in [4.78, 5) is 30.7. The van der Waals surface area contributed by atoms with Crippen LogP contribution in [0.5, 0.6) is 5.75 Å². The van der Waals surface area contributed by atoms with Crippen LogP contribution in [-0.2, 0) is 26.5 Å². The van der Waals surface area contributed by atoms with E-state index in [9.17, 15) is 14.7 Å². The van der Waals surface area contributed by atoms with Crippen molar-refractivity contribution in [3.05, 3.63) is 82.9 Å². The summed E-state index contributed by atoms with van der Waals surface area (Å²) in [6.07, 6.45) is -0.342. The van der Waals surface area contributed by atoms with Crippen LogP contribution < -0.4 is 14.5 Å². The van der Waals surface area contributed by atoms with Crippen LogP contribution in [0.2, 0.25) is 23.7 Å². The van der Waals surface area contributed by atoms with Gasteiger partial charge in [-0.05, 0) is 67.5 Å². The summed E-state index contributed by atoms with van der Waals surface area (Å²) in [6, 6.07) is 20.2. The Balaban J connectivity index is 1.39. The van der Waals surface area contributed by atoms with Crippen molar-refractivity contribution in [2.75, 3.05) is 23.0 Å². The molecule has 1 saturated heterocycles. The molecule has 6 rings (SSSR count). The number of amides is 2. The number of para-hydroxylation sites is 2. The molecular formula is C31H32ClFN2O5Si. The number of hydrogen-bond donors (Lipinski definition) is 1. The van der Waals surface area contributed by atoms with E-state index >= 15 is 4.11 Å². The predicted molar refractivity (Wildman–Crippen MR) is 158 cm³/mol. The minimum absolute atomic E-state index is 0.0673. The number of carbonyl (C=O) groups is 2. The number of rotatable bonds is 6. The smallest absolute Gasteiger partial charge is 0.269 e. The summed E-state index contributed by atoms with van der Waals surface area (Å²) in [5.41, 5.74) is 1.52. The third-order valence-corrected chi connectivity index (χ3v) is 11.2. The van der Waals surface area contributed by atoms with Crippen molar-refractivity contribution in [3.63, 3.8) is 0 Å². The van der Waals surface area contributed by atoms with E-state index in [0.29, 0.717) is 33.4 Å². The van der Waals surface area contributed by atoms with E-state index in [1.54, 1.807) is 41.1 Å². The highest BCUT2D eigenvalue weighted by Crippen LogP contribution is 2.60. The Kier molecular flexibility index (Phi) is 6.97. The lowest BCUT2D eigenvalue weighted by Gasteiger charge is -2.31. The average Bonchev–Trinajstić information content (AvgIpc) is 3.35. The molecule has 3 aromatic rings. The molecule has 4 atom stereocenters. The molecule has 41 heavy (non-hydrogen) atoms. The molecule has 3 aliphatic heterocycles. The Labute approximate surface area is 244 Å². The van der Waals surface area contributed by atoms with Crippen molar-refractivity contribution < 1.29 is 28.3 Å². The first-order valence-corrected chi connectivity index (χ1v) is 17.1. The fourth-order valence-corrected chi connectivity index (χ4v) is 9.65. The lowest BCUT2D eigenvalue weighted by molar-refractivity contribution is -0.146. The molecule has 10 heteroatoms. The molecule has 3 heterocycles. The highest BCUT2D eigenvalue weighted by molar-refractivity contribution is 6.72. The van der Waals surface area contributed by atoms with Gasteiger partial charge in [0, 0.05) is 34.3 Å². The normalized spacial score (nSPS) is 25.5. The fraction of sp³-hybridized carbons (Fsp3) is 0.355. The van der Waals surface area contributed by atoms with Crippen LogP contribution in [0.15, 0.2) is 66.7 Å². The van der Waals surface area contributed by atoms with Crippen molar-refractivity contribution in [1.29, 1.82) is 0 Å². The number of nitrogens with zero attached hydrogens (tertiary/aromatic N) is 2. The molecule has 0 bridgehead atoms. The number of benzene rings is 3. The van der Waals surface area contributed by atoms with E-state index in [4.69, 9.17) is 21.1 Å². The molecule has 1 spiro atoms. The van der Waals surface area contributed by atoms with Crippen LogP contribution in [-0.4, -0.2) is 44.6 Å². The zero-order chi connectivity index (χ0) is 29.1. The van der Waals surface area contributed by atoms with Crippen molar-refractivity contribution in [3.8, 4) is 5.75 Å². The number of anilines is 3. The van der Waals surface area contributed by atoms with Crippen molar-refractivity contribution in [1.82, 2.24) is 0 Å². The number of fused-ring (bicyclic) bond motifs is 3. The van der Waals surface area contributed by atoms with Gasteiger partial charge in [-0.15, -0.1) is 0 Å². The van der Waals surface area contributed by atoms with Gasteiger partial charge >= 0.3 is 0 Å². The van der Waals surface area contributed by atoms with Gasteiger partial charge in [-0.2, -0.15) is 0 Å². The molecule has 7 nitrogen and oxygen atoms in total. The molecular weight excluding hydrogens is 563 g/mol. The second-order valence-corrected chi connectivity index (χ2v) is 15.7. The summed E-state index contributed by atoms with van der Waals surface area (Å²) in [6.45, 7) is 5.13. The number of hydrogen-bond acceptors (Lipinski definition) is 5. The zero-order valence-electron chi connectivity index (χ0n) is 23.1. The van der Waals surface area contributed by atoms with Crippen LogP contribution in [0.3, 0.4) is 0 Å². The second kappa shape index (κ2) is 10.2. The summed E-state index contributed by atoms with van der Waals surface area (Å²) >= 11 is 6.44. The van der Waals surface area contributed by atoms with Gasteiger partial charge in [-0.3, -0.25) is 14.5 Å². The van der Waals surface area contributed by atoms with Gasteiger partial charge in [0.15, 0.2) is 12.2 Å². The van der Waals surface area contributed by atoms with Gasteiger partial charge in [0.05, 0.1) is 24.0 Å². The molecule has 0 saturated carbocycles. The summed E-state index contributed by atoms with van der Waals surface area (Å²) < 4.78 is 27.9. The van der Waals surface area contributed by atoms with Crippen LogP contribution in [0.4, 0.5) is 21.2 Å². The minimum atomic E-state index is -3.29. The molecule has 3 aliphatic rings. The number of halogens is 2. The van der Waals surface area contributed by atoms with Crippen LogP contribution in [0, 0.1) is 5.92 Å². The summed E-state index contributed by atoms with van der Waals surface area (Å²) in [5, 5.41) is 10.2. The maximum Gasteiger partial charge on any atom is 0.269 e. The summed E-state index contributed by atoms with van der Waals surface area (Å²) in [7, 11) is -3.29. The molecule has 0 unspecified atom stereocenters. The third kappa shape index (κ3) is 4.46. The van der Waals surface area contributed by atoms with E-state index in [0.717, 1.165) is 5.56 Å². The maximum absolute atomic E-state index is 15.7. The van der Waals surface area contributed by atoms with Gasteiger partial charge in [0.2, 0.25) is 8.41 Å². The Morgan fingerprint density at radius 3 is 2.61 bits per heavy atom. The lowest BCUT2D eigenvalue weighted by atomic mass is 9.82. The molecule has 0 aliphatic carbocycles.